The Hall–Kier alpha value is -9.60. The second-order valence-corrected chi connectivity index (χ2v) is 15.5. The average Bonchev–Trinajstić information content (AvgIpc) is 3.88. The van der Waals surface area contributed by atoms with Gasteiger partial charge < -0.3 is 9.13 Å². The zero-order chi connectivity index (χ0) is 43.3. The SMILES string of the molecule is [C-]#[N+]c1cc(-c2ccc(-c3cc(-c4ccc(C#N)cc4)nc(-c4ccc(C#N)cc4)n3)cc2)c(C#N)cc1-n1c2ccccc2c2cc(-n3c4ccccc4c4ccccc43)ccc21. The third-order valence-corrected chi connectivity index (χ3v) is 11.9. The smallest absolute Gasteiger partial charge is 0.211 e. The average molecular weight is 815 g/mol. The van der Waals surface area contributed by atoms with Crippen LogP contribution in [-0.2, 0) is 0 Å². The Morgan fingerprint density at radius 3 is 1.47 bits per heavy atom. The third kappa shape index (κ3) is 6.12. The summed E-state index contributed by atoms with van der Waals surface area (Å²) in [6.07, 6.45) is 0. The highest BCUT2D eigenvalue weighted by Crippen LogP contribution is 2.41. The van der Waals surface area contributed by atoms with Crippen LogP contribution in [0.5, 0.6) is 0 Å². The predicted octanol–water partition coefficient (Wildman–Crippen LogP) is 13.5. The summed E-state index contributed by atoms with van der Waals surface area (Å²) >= 11 is 0. The number of para-hydroxylation sites is 3. The van der Waals surface area contributed by atoms with Crippen LogP contribution in [0.15, 0.2) is 182 Å². The number of nitriles is 3. The molecule has 11 rings (SSSR count). The summed E-state index contributed by atoms with van der Waals surface area (Å²) in [6.45, 7) is 8.43. The van der Waals surface area contributed by atoms with Crippen LogP contribution in [0.1, 0.15) is 16.7 Å². The first kappa shape index (κ1) is 37.4. The lowest BCUT2D eigenvalue weighted by Gasteiger charge is -2.15. The molecule has 3 heterocycles. The highest BCUT2D eigenvalue weighted by molar-refractivity contribution is 6.12. The van der Waals surface area contributed by atoms with Gasteiger partial charge in [-0.2, -0.15) is 15.8 Å². The molecule has 8 heteroatoms. The zero-order valence-electron chi connectivity index (χ0n) is 33.9. The number of benzene rings is 8. The van der Waals surface area contributed by atoms with Gasteiger partial charge in [0.05, 0.1) is 80.6 Å². The van der Waals surface area contributed by atoms with Crippen LogP contribution >= 0.6 is 0 Å². The third-order valence-electron chi connectivity index (χ3n) is 11.9. The highest BCUT2D eigenvalue weighted by atomic mass is 15.0. The zero-order valence-corrected chi connectivity index (χ0v) is 33.9. The van der Waals surface area contributed by atoms with Crippen molar-refractivity contribution in [3.8, 4) is 74.6 Å². The summed E-state index contributed by atoms with van der Waals surface area (Å²) in [4.78, 5) is 13.9. The van der Waals surface area contributed by atoms with E-state index in [2.05, 4.69) is 111 Å². The summed E-state index contributed by atoms with van der Waals surface area (Å²) in [5.74, 6) is 0.488. The van der Waals surface area contributed by atoms with Gasteiger partial charge in [0.25, 0.3) is 0 Å². The molecule has 0 aliphatic rings. The molecule has 8 aromatic carbocycles. The van der Waals surface area contributed by atoms with Gasteiger partial charge >= 0.3 is 0 Å². The molecule has 0 aliphatic heterocycles. The number of hydrogen-bond acceptors (Lipinski definition) is 5. The molecule has 0 radical (unpaired) electrons. The minimum Gasteiger partial charge on any atom is -0.319 e. The highest BCUT2D eigenvalue weighted by Gasteiger charge is 2.20. The summed E-state index contributed by atoms with van der Waals surface area (Å²) in [5.41, 5.74) is 12.9. The summed E-state index contributed by atoms with van der Waals surface area (Å²) in [6, 6.07) is 66.1. The number of fused-ring (bicyclic) bond motifs is 6. The van der Waals surface area contributed by atoms with E-state index in [0.29, 0.717) is 50.8 Å². The van der Waals surface area contributed by atoms with Crippen molar-refractivity contribution < 1.29 is 0 Å². The van der Waals surface area contributed by atoms with E-state index in [0.717, 1.165) is 60.8 Å². The predicted molar refractivity (Wildman–Crippen MR) is 253 cm³/mol. The molecule has 0 amide bonds. The van der Waals surface area contributed by atoms with Crippen LogP contribution in [0.4, 0.5) is 5.69 Å². The Morgan fingerprint density at radius 1 is 0.438 bits per heavy atom. The maximum Gasteiger partial charge on any atom is 0.211 e. The van der Waals surface area contributed by atoms with Crippen molar-refractivity contribution >= 4 is 49.3 Å². The monoisotopic (exact) mass is 814 g/mol. The van der Waals surface area contributed by atoms with Gasteiger partial charge in [-0.3, -0.25) is 0 Å². The molecule has 0 bridgehead atoms. The van der Waals surface area contributed by atoms with Gasteiger partial charge in [0, 0.05) is 43.9 Å². The van der Waals surface area contributed by atoms with E-state index in [1.54, 1.807) is 24.3 Å². The summed E-state index contributed by atoms with van der Waals surface area (Å²) in [5, 5.41) is 33.9. The van der Waals surface area contributed by atoms with Crippen molar-refractivity contribution in [1.82, 2.24) is 19.1 Å². The van der Waals surface area contributed by atoms with Crippen molar-refractivity contribution in [2.24, 2.45) is 0 Å². The van der Waals surface area contributed by atoms with Gasteiger partial charge in [-0.15, -0.1) is 0 Å². The van der Waals surface area contributed by atoms with E-state index < -0.39 is 0 Å². The normalized spacial score (nSPS) is 11.1. The van der Waals surface area contributed by atoms with Crippen molar-refractivity contribution in [3.05, 3.63) is 210 Å². The van der Waals surface area contributed by atoms with Gasteiger partial charge in [0.1, 0.15) is 0 Å². The fraction of sp³-hybridized carbons (Fsp3) is 0. The Bertz CT molecular complexity index is 3740. The standard InChI is InChI=1S/C56H30N8/c1-60-50-30-46(37-22-24-39(25-23-37)49-31-48(38-18-14-35(32-57)15-19-38)61-56(62-49)40-20-16-36(33-58)17-21-40)41(34-59)28-55(50)64-53-13-7-4-10-45(53)47-29-42(26-27-54(47)64)63-51-11-5-2-8-43(51)44-9-3-6-12-52(44)63/h2-31H. The van der Waals surface area contributed by atoms with E-state index >= 15 is 0 Å². The molecule has 8 nitrogen and oxygen atoms in total. The summed E-state index contributed by atoms with van der Waals surface area (Å²) < 4.78 is 4.41. The lowest BCUT2D eigenvalue weighted by molar-refractivity contribution is 1.17. The quantitative estimate of drug-likeness (QED) is 0.155. The lowest BCUT2D eigenvalue weighted by atomic mass is 9.96. The maximum atomic E-state index is 10.7. The number of nitrogens with zero attached hydrogens (tertiary/aromatic N) is 8. The summed E-state index contributed by atoms with van der Waals surface area (Å²) in [7, 11) is 0. The minimum atomic E-state index is 0.419. The molecule has 0 spiro atoms. The van der Waals surface area contributed by atoms with Gasteiger partial charge in [0.2, 0.25) is 5.69 Å². The van der Waals surface area contributed by atoms with Gasteiger partial charge in [0.15, 0.2) is 5.82 Å². The molecule has 0 aliphatic carbocycles. The van der Waals surface area contributed by atoms with Crippen LogP contribution in [-0.4, -0.2) is 19.1 Å². The van der Waals surface area contributed by atoms with Crippen LogP contribution in [0, 0.1) is 40.6 Å². The second kappa shape index (κ2) is 15.1. The molecule has 3 aromatic heterocycles. The molecule has 0 saturated heterocycles. The molecule has 0 atom stereocenters. The Morgan fingerprint density at radius 2 is 0.922 bits per heavy atom. The molecular formula is C56H30N8. The fourth-order valence-electron chi connectivity index (χ4n) is 8.84. The maximum absolute atomic E-state index is 10.7. The van der Waals surface area contributed by atoms with Crippen molar-refractivity contribution in [2.45, 2.75) is 0 Å². The minimum absolute atomic E-state index is 0.419. The first-order valence-corrected chi connectivity index (χ1v) is 20.5. The van der Waals surface area contributed by atoms with Crippen molar-refractivity contribution in [2.75, 3.05) is 0 Å². The van der Waals surface area contributed by atoms with Crippen molar-refractivity contribution in [1.29, 1.82) is 15.8 Å². The molecule has 0 saturated carbocycles. The topological polar surface area (TPSA) is 111 Å². The van der Waals surface area contributed by atoms with E-state index in [1.165, 1.54) is 10.8 Å². The van der Waals surface area contributed by atoms with E-state index in [4.69, 9.17) is 16.5 Å². The van der Waals surface area contributed by atoms with E-state index in [-0.39, 0.29) is 0 Å². The molecule has 11 aromatic rings. The molecule has 64 heavy (non-hydrogen) atoms. The molecule has 0 N–H and O–H groups in total. The van der Waals surface area contributed by atoms with Crippen molar-refractivity contribution in [3.63, 3.8) is 0 Å². The number of rotatable bonds is 6. The number of aromatic nitrogens is 4. The molecule has 0 fully saturated rings. The Kier molecular flexibility index (Phi) is 8.85. The lowest BCUT2D eigenvalue weighted by Crippen LogP contribution is -1.98. The van der Waals surface area contributed by atoms with Crippen LogP contribution in [0.2, 0.25) is 0 Å². The Labute approximate surface area is 367 Å². The number of hydrogen-bond donors (Lipinski definition) is 0. The van der Waals surface area contributed by atoms with Gasteiger partial charge in [-0.25, -0.2) is 14.8 Å². The van der Waals surface area contributed by atoms with Gasteiger partial charge in [-0.1, -0.05) is 91.0 Å². The van der Waals surface area contributed by atoms with Crippen LogP contribution in [0.25, 0.3) is 105 Å². The van der Waals surface area contributed by atoms with E-state index in [1.807, 2.05) is 78.9 Å². The molecule has 294 valence electrons. The molecular weight excluding hydrogens is 785 g/mol. The first-order chi connectivity index (χ1) is 31.5. The molecule has 0 unspecified atom stereocenters. The first-order valence-electron chi connectivity index (χ1n) is 20.5. The second-order valence-electron chi connectivity index (χ2n) is 15.5. The van der Waals surface area contributed by atoms with Gasteiger partial charge in [-0.05, 0) is 102 Å². The van der Waals surface area contributed by atoms with Crippen LogP contribution < -0.4 is 0 Å². The largest absolute Gasteiger partial charge is 0.319 e. The van der Waals surface area contributed by atoms with Crippen LogP contribution in [0.3, 0.4) is 0 Å². The fourth-order valence-corrected chi connectivity index (χ4v) is 8.84. The van der Waals surface area contributed by atoms with E-state index in [9.17, 15) is 15.8 Å². The Balaban J connectivity index is 1.01.